The number of hydrogen-bond donors (Lipinski definition) is 1. The second-order valence-electron chi connectivity index (χ2n) is 4.79. The van der Waals surface area contributed by atoms with Crippen molar-refractivity contribution in [2.45, 2.75) is 25.9 Å². The summed E-state index contributed by atoms with van der Waals surface area (Å²) in [7, 11) is 1.67. The van der Waals surface area contributed by atoms with Crippen molar-refractivity contribution in [3.8, 4) is 6.07 Å². The van der Waals surface area contributed by atoms with Crippen LogP contribution >= 0.6 is 0 Å². The molecular formula is C13H18N4O2. The Hall–Kier alpha value is -1.71. The summed E-state index contributed by atoms with van der Waals surface area (Å²) in [5, 5.41) is 20.5. The Morgan fingerprint density at radius 1 is 1.47 bits per heavy atom. The first kappa shape index (κ1) is 13.7. The highest BCUT2D eigenvalue weighted by Crippen LogP contribution is 2.24. The first-order valence-corrected chi connectivity index (χ1v) is 6.22. The second kappa shape index (κ2) is 5.51. The maximum atomic E-state index is 9.22. The number of rotatable bonds is 4. The summed E-state index contributed by atoms with van der Waals surface area (Å²) >= 11 is 0. The smallest absolute Gasteiger partial charge is 0.167 e. The van der Waals surface area contributed by atoms with Gasteiger partial charge in [-0.1, -0.05) is 0 Å². The number of aryl methyl sites for hydroxylation is 1. The molecule has 1 saturated heterocycles. The van der Waals surface area contributed by atoms with Crippen LogP contribution in [0, 0.1) is 25.2 Å². The van der Waals surface area contributed by atoms with Gasteiger partial charge in [-0.15, -0.1) is 5.10 Å². The van der Waals surface area contributed by atoms with Gasteiger partial charge >= 0.3 is 0 Å². The van der Waals surface area contributed by atoms with Crippen LogP contribution in [-0.4, -0.2) is 42.7 Å². The molecule has 2 rings (SSSR count). The summed E-state index contributed by atoms with van der Waals surface area (Å²) in [5.74, 6) is 0.508. The van der Waals surface area contributed by atoms with Gasteiger partial charge in [-0.25, -0.2) is 0 Å². The van der Waals surface area contributed by atoms with Gasteiger partial charge in [0.15, 0.2) is 5.82 Å². The van der Waals surface area contributed by atoms with Crippen LogP contribution in [-0.2, 0) is 9.47 Å². The Morgan fingerprint density at radius 3 is 2.84 bits per heavy atom. The number of hydrogen-bond acceptors (Lipinski definition) is 6. The lowest BCUT2D eigenvalue weighted by atomic mass is 10.0. The summed E-state index contributed by atoms with van der Waals surface area (Å²) in [6.45, 7) is 5.51. The molecule has 19 heavy (non-hydrogen) atoms. The van der Waals surface area contributed by atoms with Crippen LogP contribution in [0.4, 0.5) is 5.82 Å². The summed E-state index contributed by atoms with van der Waals surface area (Å²) in [6.07, 6.45) is 0.830. The van der Waals surface area contributed by atoms with Crippen LogP contribution in [0.3, 0.4) is 0 Å². The van der Waals surface area contributed by atoms with Crippen molar-refractivity contribution >= 4 is 5.82 Å². The molecule has 0 saturated carbocycles. The lowest BCUT2D eigenvalue weighted by molar-refractivity contribution is -0.00626. The number of aromatic nitrogens is 2. The average molecular weight is 262 g/mol. The van der Waals surface area contributed by atoms with Crippen LogP contribution in [0.2, 0.25) is 0 Å². The zero-order chi connectivity index (χ0) is 13.9. The molecule has 2 heterocycles. The summed E-state index contributed by atoms with van der Waals surface area (Å²) < 4.78 is 10.9. The molecule has 1 aliphatic heterocycles. The van der Waals surface area contributed by atoms with Crippen molar-refractivity contribution in [1.29, 1.82) is 5.26 Å². The van der Waals surface area contributed by atoms with E-state index in [1.807, 2.05) is 13.8 Å². The molecule has 6 nitrogen and oxygen atoms in total. The molecule has 0 radical (unpaired) electrons. The Labute approximate surface area is 112 Å². The minimum atomic E-state index is -0.340. The molecule has 0 bridgehead atoms. The van der Waals surface area contributed by atoms with E-state index in [1.165, 1.54) is 0 Å². The van der Waals surface area contributed by atoms with Gasteiger partial charge in [-0.3, -0.25) is 0 Å². The normalized spacial score (nSPS) is 22.2. The fourth-order valence-corrected chi connectivity index (χ4v) is 2.07. The molecule has 0 aromatic carbocycles. The third-order valence-corrected chi connectivity index (χ3v) is 3.64. The monoisotopic (exact) mass is 262 g/mol. The number of nitriles is 1. The summed E-state index contributed by atoms with van der Waals surface area (Å²) in [5.41, 5.74) is 1.83. The van der Waals surface area contributed by atoms with E-state index in [0.717, 1.165) is 17.7 Å². The molecule has 0 aliphatic carbocycles. The molecule has 1 N–H and O–H groups in total. The number of methoxy groups -OCH3 is 1. The Morgan fingerprint density at radius 2 is 2.26 bits per heavy atom. The molecule has 1 aliphatic rings. The topological polar surface area (TPSA) is 80.1 Å². The van der Waals surface area contributed by atoms with Gasteiger partial charge in [0.05, 0.1) is 12.3 Å². The molecule has 102 valence electrons. The molecule has 6 heteroatoms. The van der Waals surface area contributed by atoms with Gasteiger partial charge in [0, 0.05) is 26.7 Å². The van der Waals surface area contributed by atoms with E-state index >= 15 is 0 Å². The van der Waals surface area contributed by atoms with Gasteiger partial charge in [-0.05, 0) is 19.4 Å². The number of anilines is 1. The predicted molar refractivity (Wildman–Crippen MR) is 69.9 cm³/mol. The van der Waals surface area contributed by atoms with E-state index in [0.29, 0.717) is 31.1 Å². The van der Waals surface area contributed by atoms with Gasteiger partial charge in [-0.2, -0.15) is 10.4 Å². The molecule has 0 amide bonds. The Kier molecular flexibility index (Phi) is 3.98. The van der Waals surface area contributed by atoms with E-state index < -0.39 is 0 Å². The van der Waals surface area contributed by atoms with Gasteiger partial charge < -0.3 is 14.8 Å². The van der Waals surface area contributed by atoms with Crippen molar-refractivity contribution < 1.29 is 9.47 Å². The molecule has 1 aromatic rings. The summed E-state index contributed by atoms with van der Waals surface area (Å²) in [4.78, 5) is 0. The van der Waals surface area contributed by atoms with Crippen molar-refractivity contribution in [2.75, 3.05) is 32.2 Å². The lowest BCUT2D eigenvalue weighted by Crippen LogP contribution is -2.40. The van der Waals surface area contributed by atoms with Gasteiger partial charge in [0.25, 0.3) is 0 Å². The molecule has 0 spiro atoms. The molecular weight excluding hydrogens is 244 g/mol. The average Bonchev–Trinajstić information content (AvgIpc) is 2.89. The zero-order valence-corrected chi connectivity index (χ0v) is 11.5. The minimum Gasteiger partial charge on any atom is -0.378 e. The van der Waals surface area contributed by atoms with Crippen LogP contribution in [0.1, 0.15) is 23.2 Å². The number of nitrogens with zero attached hydrogens (tertiary/aromatic N) is 3. The van der Waals surface area contributed by atoms with Crippen LogP contribution in [0.5, 0.6) is 0 Å². The molecule has 1 fully saturated rings. The number of ether oxygens (including phenoxy) is 2. The molecule has 1 aromatic heterocycles. The van der Waals surface area contributed by atoms with E-state index in [2.05, 4.69) is 21.6 Å². The fourth-order valence-electron chi connectivity index (χ4n) is 2.07. The highest BCUT2D eigenvalue weighted by Gasteiger charge is 2.35. The molecule has 1 unspecified atom stereocenters. The Bertz CT molecular complexity index is 504. The minimum absolute atomic E-state index is 0.340. The SMILES string of the molecule is COC1(CNc2nnc(C)c(C)c2C#N)CCOC1. The van der Waals surface area contributed by atoms with Crippen LogP contribution in [0.25, 0.3) is 0 Å². The quantitative estimate of drug-likeness (QED) is 0.877. The van der Waals surface area contributed by atoms with E-state index in [4.69, 9.17) is 9.47 Å². The highest BCUT2D eigenvalue weighted by molar-refractivity contribution is 5.55. The predicted octanol–water partition coefficient (Wildman–Crippen LogP) is 1.18. The van der Waals surface area contributed by atoms with Crippen molar-refractivity contribution in [1.82, 2.24) is 10.2 Å². The van der Waals surface area contributed by atoms with E-state index in [1.54, 1.807) is 7.11 Å². The van der Waals surface area contributed by atoms with E-state index in [-0.39, 0.29) is 5.60 Å². The highest BCUT2D eigenvalue weighted by atomic mass is 16.5. The molecule has 1 atom stereocenters. The van der Waals surface area contributed by atoms with Gasteiger partial charge in [0.1, 0.15) is 17.2 Å². The third kappa shape index (κ3) is 2.67. The maximum Gasteiger partial charge on any atom is 0.167 e. The first-order chi connectivity index (χ1) is 9.12. The van der Waals surface area contributed by atoms with E-state index in [9.17, 15) is 5.26 Å². The van der Waals surface area contributed by atoms with Crippen molar-refractivity contribution in [2.24, 2.45) is 0 Å². The maximum absolute atomic E-state index is 9.22. The zero-order valence-electron chi connectivity index (χ0n) is 11.5. The fraction of sp³-hybridized carbons (Fsp3) is 0.615. The van der Waals surface area contributed by atoms with Crippen molar-refractivity contribution in [3.63, 3.8) is 0 Å². The standard InChI is InChI=1S/C13H18N4O2/c1-9-10(2)16-17-12(11(9)6-14)15-7-13(18-3)4-5-19-8-13/h4-5,7-8H2,1-3H3,(H,15,17). The first-order valence-electron chi connectivity index (χ1n) is 6.22. The third-order valence-electron chi connectivity index (χ3n) is 3.64. The largest absolute Gasteiger partial charge is 0.378 e. The Balaban J connectivity index is 2.16. The van der Waals surface area contributed by atoms with Gasteiger partial charge in [0.2, 0.25) is 0 Å². The van der Waals surface area contributed by atoms with Crippen molar-refractivity contribution in [3.05, 3.63) is 16.8 Å². The van der Waals surface area contributed by atoms with Crippen LogP contribution < -0.4 is 5.32 Å². The summed E-state index contributed by atoms with van der Waals surface area (Å²) in [6, 6.07) is 2.17. The second-order valence-corrected chi connectivity index (χ2v) is 4.79. The van der Waals surface area contributed by atoms with Crippen LogP contribution in [0.15, 0.2) is 0 Å². The number of nitrogens with one attached hydrogen (secondary N) is 1. The lowest BCUT2D eigenvalue weighted by Gasteiger charge is -2.26.